The molecule has 0 radical (unpaired) electrons. The fourth-order valence-electron chi connectivity index (χ4n) is 2.26. The molecule has 20 heavy (non-hydrogen) atoms. The first kappa shape index (κ1) is 16.7. The van der Waals surface area contributed by atoms with Gasteiger partial charge in [-0.15, -0.1) is 0 Å². The first-order valence-electron chi connectivity index (χ1n) is 7.61. The van der Waals surface area contributed by atoms with E-state index in [1.807, 2.05) is 20.0 Å². The average Bonchev–Trinajstić information content (AvgIpc) is 2.42. The van der Waals surface area contributed by atoms with Crippen molar-refractivity contribution in [2.45, 2.75) is 46.6 Å². The van der Waals surface area contributed by atoms with Crippen molar-refractivity contribution >= 4 is 11.6 Å². The molecule has 5 heteroatoms. The number of aryl methyl sites for hydroxylation is 1. The van der Waals surface area contributed by atoms with Gasteiger partial charge in [0.2, 0.25) is 0 Å². The molecule has 0 amide bonds. The quantitative estimate of drug-likeness (QED) is 0.728. The molecule has 0 aliphatic rings. The number of anilines is 2. The van der Waals surface area contributed by atoms with E-state index in [1.54, 1.807) is 0 Å². The third-order valence-electron chi connectivity index (χ3n) is 3.49. The topological polar surface area (TPSA) is 53.1 Å². The molecule has 1 atom stereocenters. The van der Waals surface area contributed by atoms with Crippen LogP contribution in [0.2, 0.25) is 0 Å². The molecule has 0 aliphatic heterocycles. The molecule has 1 rings (SSSR count). The third kappa shape index (κ3) is 5.74. The Balaban J connectivity index is 2.42. The molecule has 0 aromatic carbocycles. The van der Waals surface area contributed by atoms with Gasteiger partial charge in [-0.2, -0.15) is 0 Å². The fourth-order valence-corrected chi connectivity index (χ4v) is 2.26. The van der Waals surface area contributed by atoms with E-state index in [-0.39, 0.29) is 0 Å². The van der Waals surface area contributed by atoms with Crippen molar-refractivity contribution in [3.8, 4) is 0 Å². The smallest absolute Gasteiger partial charge is 0.132 e. The highest BCUT2D eigenvalue weighted by molar-refractivity contribution is 5.47. The minimum atomic E-state index is 0.421. The van der Waals surface area contributed by atoms with E-state index in [9.17, 15) is 0 Å². The third-order valence-corrected chi connectivity index (χ3v) is 3.49. The highest BCUT2D eigenvalue weighted by Gasteiger charge is 2.06. The Hall–Kier alpha value is -1.36. The van der Waals surface area contributed by atoms with Gasteiger partial charge in [-0.1, -0.05) is 13.8 Å². The van der Waals surface area contributed by atoms with Crippen LogP contribution in [0, 0.1) is 6.92 Å². The normalized spacial score (nSPS) is 12.5. The van der Waals surface area contributed by atoms with E-state index in [2.05, 4.69) is 46.3 Å². The van der Waals surface area contributed by atoms with E-state index in [0.29, 0.717) is 6.04 Å². The number of rotatable bonds is 9. The summed E-state index contributed by atoms with van der Waals surface area (Å²) in [5, 5.41) is 6.51. The van der Waals surface area contributed by atoms with Gasteiger partial charge in [0.1, 0.15) is 17.5 Å². The number of aromatic nitrogens is 2. The molecule has 5 nitrogen and oxygen atoms in total. The molecule has 1 heterocycles. The van der Waals surface area contributed by atoms with Gasteiger partial charge in [0, 0.05) is 19.2 Å². The van der Waals surface area contributed by atoms with Crippen LogP contribution in [0.5, 0.6) is 0 Å². The SMILES string of the molecule is CCN(CC)CCCC(C)Nc1cc(NC)nc(C)n1. The molecule has 1 unspecified atom stereocenters. The molecule has 114 valence electrons. The van der Waals surface area contributed by atoms with E-state index >= 15 is 0 Å². The summed E-state index contributed by atoms with van der Waals surface area (Å²) >= 11 is 0. The van der Waals surface area contributed by atoms with Crippen LogP contribution in [-0.4, -0.2) is 47.6 Å². The first-order chi connectivity index (χ1) is 9.58. The maximum absolute atomic E-state index is 4.42. The lowest BCUT2D eigenvalue weighted by atomic mass is 10.1. The van der Waals surface area contributed by atoms with Crippen LogP contribution in [0.4, 0.5) is 11.6 Å². The molecular formula is C15H29N5. The lowest BCUT2D eigenvalue weighted by Crippen LogP contribution is -2.25. The highest BCUT2D eigenvalue weighted by Crippen LogP contribution is 2.13. The van der Waals surface area contributed by atoms with Crippen molar-refractivity contribution in [2.24, 2.45) is 0 Å². The molecule has 0 spiro atoms. The molecule has 0 fully saturated rings. The molecule has 0 saturated heterocycles. The van der Waals surface area contributed by atoms with Gasteiger partial charge in [-0.3, -0.25) is 0 Å². The molecule has 1 aromatic heterocycles. The van der Waals surface area contributed by atoms with Crippen LogP contribution in [0.1, 0.15) is 39.4 Å². The lowest BCUT2D eigenvalue weighted by molar-refractivity contribution is 0.295. The van der Waals surface area contributed by atoms with Gasteiger partial charge in [0.15, 0.2) is 0 Å². The maximum Gasteiger partial charge on any atom is 0.132 e. The summed E-state index contributed by atoms with van der Waals surface area (Å²) in [6.45, 7) is 12.0. The summed E-state index contributed by atoms with van der Waals surface area (Å²) in [5.74, 6) is 2.54. The summed E-state index contributed by atoms with van der Waals surface area (Å²) in [5.41, 5.74) is 0. The zero-order chi connectivity index (χ0) is 15.0. The number of nitrogens with one attached hydrogen (secondary N) is 2. The zero-order valence-electron chi connectivity index (χ0n) is 13.5. The summed E-state index contributed by atoms with van der Waals surface area (Å²) in [6, 6.07) is 2.37. The van der Waals surface area contributed by atoms with E-state index in [0.717, 1.165) is 37.0 Å². The number of hydrogen-bond donors (Lipinski definition) is 2. The largest absolute Gasteiger partial charge is 0.373 e. The molecule has 0 saturated carbocycles. The second-order valence-corrected chi connectivity index (χ2v) is 5.15. The van der Waals surface area contributed by atoms with Crippen molar-refractivity contribution in [1.82, 2.24) is 14.9 Å². The van der Waals surface area contributed by atoms with Gasteiger partial charge < -0.3 is 15.5 Å². The Morgan fingerprint density at radius 1 is 1.20 bits per heavy atom. The van der Waals surface area contributed by atoms with Gasteiger partial charge in [0.05, 0.1) is 0 Å². The van der Waals surface area contributed by atoms with Crippen LogP contribution in [0.15, 0.2) is 6.07 Å². The second kappa shape index (κ2) is 8.74. The molecule has 2 N–H and O–H groups in total. The van der Waals surface area contributed by atoms with Crippen LogP contribution in [0.25, 0.3) is 0 Å². The average molecular weight is 279 g/mol. The molecular weight excluding hydrogens is 250 g/mol. The standard InChI is InChI=1S/C15H29N5/c1-6-20(7-2)10-8-9-12(3)17-15-11-14(16-5)18-13(4)19-15/h11-12H,6-10H2,1-5H3,(H2,16,17,18,19). The van der Waals surface area contributed by atoms with Crippen molar-refractivity contribution in [3.63, 3.8) is 0 Å². The Morgan fingerprint density at radius 2 is 1.85 bits per heavy atom. The van der Waals surface area contributed by atoms with Gasteiger partial charge in [0.25, 0.3) is 0 Å². The molecule has 0 aliphatic carbocycles. The van der Waals surface area contributed by atoms with Crippen LogP contribution < -0.4 is 10.6 Å². The minimum absolute atomic E-state index is 0.421. The summed E-state index contributed by atoms with van der Waals surface area (Å²) in [4.78, 5) is 11.2. The van der Waals surface area contributed by atoms with Gasteiger partial charge in [-0.25, -0.2) is 9.97 Å². The van der Waals surface area contributed by atoms with Crippen LogP contribution >= 0.6 is 0 Å². The van der Waals surface area contributed by atoms with Gasteiger partial charge >= 0.3 is 0 Å². The Bertz CT molecular complexity index is 390. The van der Waals surface area contributed by atoms with Crippen molar-refractivity contribution in [3.05, 3.63) is 11.9 Å². The number of hydrogen-bond acceptors (Lipinski definition) is 5. The maximum atomic E-state index is 4.42. The lowest BCUT2D eigenvalue weighted by Gasteiger charge is -2.20. The minimum Gasteiger partial charge on any atom is -0.373 e. The van der Waals surface area contributed by atoms with Gasteiger partial charge in [-0.05, 0) is 46.3 Å². The van der Waals surface area contributed by atoms with Crippen LogP contribution in [-0.2, 0) is 0 Å². The molecule has 0 bridgehead atoms. The van der Waals surface area contributed by atoms with E-state index < -0.39 is 0 Å². The Labute approximate surface area is 123 Å². The zero-order valence-corrected chi connectivity index (χ0v) is 13.5. The first-order valence-corrected chi connectivity index (χ1v) is 7.61. The van der Waals surface area contributed by atoms with Crippen molar-refractivity contribution < 1.29 is 0 Å². The predicted octanol–water partition coefficient (Wildman–Crippen LogP) is 2.75. The van der Waals surface area contributed by atoms with Crippen molar-refractivity contribution in [2.75, 3.05) is 37.3 Å². The van der Waals surface area contributed by atoms with E-state index in [1.165, 1.54) is 13.0 Å². The molecule has 1 aromatic rings. The monoisotopic (exact) mass is 279 g/mol. The van der Waals surface area contributed by atoms with E-state index in [4.69, 9.17) is 0 Å². The second-order valence-electron chi connectivity index (χ2n) is 5.15. The fraction of sp³-hybridized carbons (Fsp3) is 0.733. The summed E-state index contributed by atoms with van der Waals surface area (Å²) in [6.07, 6.45) is 2.35. The van der Waals surface area contributed by atoms with Crippen molar-refractivity contribution in [1.29, 1.82) is 0 Å². The Morgan fingerprint density at radius 3 is 2.45 bits per heavy atom. The van der Waals surface area contributed by atoms with Crippen LogP contribution in [0.3, 0.4) is 0 Å². The summed E-state index contributed by atoms with van der Waals surface area (Å²) < 4.78 is 0. The predicted molar refractivity (Wildman–Crippen MR) is 86.4 cm³/mol. The Kier molecular flexibility index (Phi) is 7.30. The number of nitrogens with zero attached hydrogens (tertiary/aromatic N) is 3. The highest BCUT2D eigenvalue weighted by atomic mass is 15.1. The summed E-state index contributed by atoms with van der Waals surface area (Å²) in [7, 11) is 1.87.